The van der Waals surface area contributed by atoms with Crippen LogP contribution in [0.2, 0.25) is 0 Å². The molecular weight excluding hydrogens is 210 g/mol. The third-order valence-electron chi connectivity index (χ3n) is 2.63. The van der Waals surface area contributed by atoms with Gasteiger partial charge in [-0.15, -0.1) is 0 Å². The Kier molecular flexibility index (Phi) is 2.22. The second-order valence-electron chi connectivity index (χ2n) is 3.75. The quantitative estimate of drug-likeness (QED) is 0.686. The van der Waals surface area contributed by atoms with E-state index in [1.807, 2.05) is 42.5 Å². The van der Waals surface area contributed by atoms with Crippen LogP contribution in [0.15, 0.2) is 48.7 Å². The van der Waals surface area contributed by atoms with E-state index in [0.29, 0.717) is 5.82 Å². The van der Waals surface area contributed by atoms with Gasteiger partial charge in [0.1, 0.15) is 5.82 Å². The number of aromatic nitrogens is 2. The fourth-order valence-electron chi connectivity index (χ4n) is 1.81. The van der Waals surface area contributed by atoms with E-state index in [1.54, 1.807) is 6.20 Å². The molecule has 1 aromatic carbocycles. The lowest BCUT2D eigenvalue weighted by Gasteiger charge is -2.05. The highest BCUT2D eigenvalue weighted by Gasteiger charge is 2.05. The van der Waals surface area contributed by atoms with Crippen molar-refractivity contribution in [2.75, 3.05) is 5.73 Å². The highest BCUT2D eigenvalue weighted by molar-refractivity contribution is 5.93. The van der Waals surface area contributed by atoms with E-state index in [2.05, 4.69) is 16.0 Å². The van der Waals surface area contributed by atoms with Crippen LogP contribution >= 0.6 is 0 Å². The van der Waals surface area contributed by atoms with E-state index in [4.69, 9.17) is 5.73 Å². The van der Waals surface area contributed by atoms with Crippen LogP contribution in [0.3, 0.4) is 0 Å². The van der Waals surface area contributed by atoms with E-state index in [9.17, 15) is 0 Å². The molecule has 0 aliphatic rings. The molecule has 3 heteroatoms. The van der Waals surface area contributed by atoms with Crippen molar-refractivity contribution in [1.82, 2.24) is 9.97 Å². The second kappa shape index (κ2) is 3.87. The number of rotatable bonds is 1. The van der Waals surface area contributed by atoms with Crippen molar-refractivity contribution in [3.05, 3.63) is 54.7 Å². The van der Waals surface area contributed by atoms with Crippen molar-refractivity contribution in [2.45, 2.75) is 0 Å². The van der Waals surface area contributed by atoms with Crippen LogP contribution in [-0.4, -0.2) is 9.97 Å². The highest BCUT2D eigenvalue weighted by atomic mass is 14.9. The second-order valence-corrected chi connectivity index (χ2v) is 3.75. The molecule has 81 valence electrons. The first-order valence-corrected chi connectivity index (χ1v) is 5.32. The lowest BCUT2D eigenvalue weighted by atomic mass is 10.1. The highest BCUT2D eigenvalue weighted by Crippen LogP contribution is 2.24. The van der Waals surface area contributed by atoms with Gasteiger partial charge in [-0.3, -0.25) is 4.98 Å². The van der Waals surface area contributed by atoms with E-state index in [1.165, 1.54) is 0 Å². The molecule has 0 aliphatic heterocycles. The van der Waals surface area contributed by atoms with Gasteiger partial charge in [0.25, 0.3) is 0 Å². The summed E-state index contributed by atoms with van der Waals surface area (Å²) in [4.78, 5) is 8.64. The Morgan fingerprint density at radius 1 is 1.12 bits per heavy atom. The summed E-state index contributed by atoms with van der Waals surface area (Å²) in [6, 6.07) is 16.4. The number of anilines is 1. The average molecular weight is 220 g/mol. The minimum atomic E-state index is 0.514. The van der Waals surface area contributed by atoms with Crippen molar-refractivity contribution >= 4 is 16.6 Å². The molecule has 0 saturated heterocycles. The minimum Gasteiger partial charge on any atom is -0.383 e. The number of nitrogen functional groups attached to an aromatic ring is 1. The van der Waals surface area contributed by atoms with Crippen molar-refractivity contribution < 1.29 is 0 Å². The summed E-state index contributed by atoms with van der Waals surface area (Å²) in [6.07, 6.45) is 1.75. The first-order chi connectivity index (χ1) is 8.34. The van der Waals surface area contributed by atoms with E-state index in [-0.39, 0.29) is 0 Å². The predicted octanol–water partition coefficient (Wildman–Crippen LogP) is 2.68. The largest absolute Gasteiger partial charge is 0.383 e. The molecule has 3 nitrogen and oxygen atoms in total. The van der Waals surface area contributed by atoms with Gasteiger partial charge in [-0.25, -0.2) is 4.98 Å². The lowest BCUT2D eigenvalue weighted by molar-refractivity contribution is 1.26. The number of nitrogens with zero attached hydrogens (tertiary/aromatic N) is 2. The molecule has 0 unspecified atom stereocenters. The SMILES string of the molecule is Nc1nc(-c2ccccn2)cc2cc[c]cc12. The summed E-state index contributed by atoms with van der Waals surface area (Å²) >= 11 is 0. The zero-order valence-electron chi connectivity index (χ0n) is 9.09. The molecule has 17 heavy (non-hydrogen) atoms. The molecule has 2 aromatic heterocycles. The topological polar surface area (TPSA) is 51.8 Å². The van der Waals surface area contributed by atoms with Gasteiger partial charge in [0.15, 0.2) is 0 Å². The van der Waals surface area contributed by atoms with Crippen molar-refractivity contribution in [2.24, 2.45) is 0 Å². The Hall–Kier alpha value is -2.42. The third-order valence-corrected chi connectivity index (χ3v) is 2.63. The first-order valence-electron chi connectivity index (χ1n) is 5.32. The van der Waals surface area contributed by atoms with Crippen LogP contribution in [0.1, 0.15) is 0 Å². The molecule has 0 fully saturated rings. The molecule has 0 bridgehead atoms. The normalized spacial score (nSPS) is 10.6. The molecule has 0 saturated carbocycles. The van der Waals surface area contributed by atoms with Gasteiger partial charge in [-0.1, -0.05) is 18.2 Å². The smallest absolute Gasteiger partial charge is 0.132 e. The van der Waals surface area contributed by atoms with Gasteiger partial charge in [0.2, 0.25) is 0 Å². The maximum absolute atomic E-state index is 5.94. The Balaban J connectivity index is 2.26. The third kappa shape index (κ3) is 1.72. The zero-order chi connectivity index (χ0) is 11.7. The molecular formula is C14H10N3. The maximum atomic E-state index is 5.94. The molecule has 3 rings (SSSR count). The van der Waals surface area contributed by atoms with Crippen LogP contribution in [-0.2, 0) is 0 Å². The van der Waals surface area contributed by atoms with Crippen molar-refractivity contribution in [3.8, 4) is 11.4 Å². The molecule has 1 radical (unpaired) electrons. The fourth-order valence-corrected chi connectivity index (χ4v) is 1.81. The van der Waals surface area contributed by atoms with Crippen LogP contribution in [0, 0.1) is 6.07 Å². The Bertz CT molecular complexity index is 663. The van der Waals surface area contributed by atoms with Gasteiger partial charge in [-0.2, -0.15) is 0 Å². The summed E-state index contributed by atoms with van der Waals surface area (Å²) in [5.74, 6) is 0.514. The number of benzene rings is 1. The number of pyridine rings is 2. The van der Waals surface area contributed by atoms with E-state index >= 15 is 0 Å². The van der Waals surface area contributed by atoms with Crippen LogP contribution < -0.4 is 5.73 Å². The molecule has 0 amide bonds. The summed E-state index contributed by atoms with van der Waals surface area (Å²) < 4.78 is 0. The molecule has 0 atom stereocenters. The fraction of sp³-hybridized carbons (Fsp3) is 0. The van der Waals surface area contributed by atoms with Crippen molar-refractivity contribution in [3.63, 3.8) is 0 Å². The first kappa shape index (κ1) is 9.78. The minimum absolute atomic E-state index is 0.514. The molecule has 2 heterocycles. The van der Waals surface area contributed by atoms with E-state index in [0.717, 1.165) is 22.2 Å². The Morgan fingerprint density at radius 3 is 2.88 bits per heavy atom. The van der Waals surface area contributed by atoms with Crippen LogP contribution in [0.25, 0.3) is 22.2 Å². The van der Waals surface area contributed by atoms with Crippen LogP contribution in [0.5, 0.6) is 0 Å². The summed E-state index contributed by atoms with van der Waals surface area (Å²) in [5.41, 5.74) is 7.56. The molecule has 3 aromatic rings. The zero-order valence-corrected chi connectivity index (χ0v) is 9.09. The van der Waals surface area contributed by atoms with E-state index < -0.39 is 0 Å². The molecule has 0 aliphatic carbocycles. The lowest BCUT2D eigenvalue weighted by Crippen LogP contribution is -1.95. The summed E-state index contributed by atoms with van der Waals surface area (Å²) in [7, 11) is 0. The van der Waals surface area contributed by atoms with Gasteiger partial charge >= 0.3 is 0 Å². The summed E-state index contributed by atoms with van der Waals surface area (Å²) in [6.45, 7) is 0. The van der Waals surface area contributed by atoms with Crippen LogP contribution in [0.4, 0.5) is 5.82 Å². The van der Waals surface area contributed by atoms with Gasteiger partial charge in [0, 0.05) is 11.6 Å². The van der Waals surface area contributed by atoms with Gasteiger partial charge < -0.3 is 5.73 Å². The maximum Gasteiger partial charge on any atom is 0.132 e. The predicted molar refractivity (Wildman–Crippen MR) is 68.2 cm³/mol. The number of fused-ring (bicyclic) bond motifs is 1. The molecule has 0 spiro atoms. The number of hydrogen-bond acceptors (Lipinski definition) is 3. The van der Waals surface area contributed by atoms with Crippen molar-refractivity contribution in [1.29, 1.82) is 0 Å². The standard InChI is InChI=1S/C14H10N3/c15-14-11-6-2-1-5-10(11)9-13(17-14)12-7-3-4-8-16-12/h1,3-9H,(H2,15,17). The average Bonchev–Trinajstić information content (AvgIpc) is 2.40. The monoisotopic (exact) mass is 220 g/mol. The van der Waals surface area contributed by atoms with Gasteiger partial charge in [-0.05, 0) is 35.7 Å². The van der Waals surface area contributed by atoms with Gasteiger partial charge in [0.05, 0.1) is 11.4 Å². The number of hydrogen-bond donors (Lipinski definition) is 1. The Morgan fingerprint density at radius 2 is 2.06 bits per heavy atom. The number of nitrogens with two attached hydrogens (primary N) is 1. The summed E-state index contributed by atoms with van der Waals surface area (Å²) in [5, 5.41) is 1.98. The molecule has 2 N–H and O–H groups in total. The Labute approximate surface area is 98.9 Å².